The molecule has 2 atom stereocenters. The highest BCUT2D eigenvalue weighted by molar-refractivity contribution is 6.30. The third-order valence-electron chi connectivity index (χ3n) is 5.70. The topological polar surface area (TPSA) is 33.6 Å². The Labute approximate surface area is 203 Å². The summed E-state index contributed by atoms with van der Waals surface area (Å²) in [7, 11) is 0. The number of hydrogen-bond donors (Lipinski definition) is 1. The molecule has 1 aliphatic rings. The van der Waals surface area contributed by atoms with Crippen molar-refractivity contribution in [2.75, 3.05) is 0 Å². The highest BCUT2D eigenvalue weighted by Gasteiger charge is 2.32. The molecule has 0 saturated heterocycles. The number of para-hydroxylation sites is 1. The number of rotatable bonds is 6. The number of hydrogen-bond acceptors (Lipinski definition) is 3. The standard InChI is InChI=1S/C28H22Cl2N2O/c29-22-14-10-20(11-15-22)26-27(21-12-16-23(30)17-13-21)32-28(31-26)24-8-4-5-9-25(24)33-18-19-6-2-1-3-7-19/h1-17,26-27H,18H2,(H,31,32)/t26-,27+. The van der Waals surface area contributed by atoms with Gasteiger partial charge in [0.05, 0.1) is 11.6 Å². The van der Waals surface area contributed by atoms with Crippen LogP contribution >= 0.6 is 23.2 Å². The van der Waals surface area contributed by atoms with E-state index < -0.39 is 0 Å². The van der Waals surface area contributed by atoms with E-state index in [1.54, 1.807) is 0 Å². The van der Waals surface area contributed by atoms with Gasteiger partial charge in [0, 0.05) is 10.0 Å². The van der Waals surface area contributed by atoms with Crippen molar-refractivity contribution in [2.24, 2.45) is 4.99 Å². The molecule has 0 bridgehead atoms. The number of halogens is 2. The molecule has 3 nitrogen and oxygen atoms in total. The second-order valence-electron chi connectivity index (χ2n) is 7.92. The summed E-state index contributed by atoms with van der Waals surface area (Å²) < 4.78 is 6.19. The Morgan fingerprint density at radius 3 is 2.00 bits per heavy atom. The molecule has 0 fully saturated rings. The van der Waals surface area contributed by atoms with E-state index in [9.17, 15) is 0 Å². The Balaban J connectivity index is 1.48. The number of aliphatic imine (C=N–C) groups is 1. The first kappa shape index (κ1) is 21.6. The fourth-order valence-corrected chi connectivity index (χ4v) is 4.26. The summed E-state index contributed by atoms with van der Waals surface area (Å²) in [6, 6.07) is 33.8. The maximum Gasteiger partial charge on any atom is 0.133 e. The molecule has 0 aliphatic carbocycles. The second-order valence-corrected chi connectivity index (χ2v) is 8.79. The van der Waals surface area contributed by atoms with E-state index in [2.05, 4.69) is 17.4 Å². The van der Waals surface area contributed by atoms with Crippen LogP contribution in [0.3, 0.4) is 0 Å². The quantitative estimate of drug-likeness (QED) is 0.317. The molecule has 164 valence electrons. The van der Waals surface area contributed by atoms with Crippen molar-refractivity contribution in [1.29, 1.82) is 0 Å². The summed E-state index contributed by atoms with van der Waals surface area (Å²) in [6.45, 7) is 0.492. The van der Waals surface area contributed by atoms with Crippen LogP contribution in [-0.2, 0) is 6.61 Å². The van der Waals surface area contributed by atoms with Gasteiger partial charge >= 0.3 is 0 Å². The summed E-state index contributed by atoms with van der Waals surface area (Å²) in [5.41, 5.74) is 4.25. The summed E-state index contributed by atoms with van der Waals surface area (Å²) >= 11 is 12.3. The average Bonchev–Trinajstić information content (AvgIpc) is 3.30. The normalized spacial score (nSPS) is 17.3. The lowest BCUT2D eigenvalue weighted by Crippen LogP contribution is -2.25. The number of nitrogens with one attached hydrogen (secondary N) is 1. The van der Waals surface area contributed by atoms with Gasteiger partial charge in [-0.05, 0) is 53.1 Å². The predicted octanol–water partition coefficient (Wildman–Crippen LogP) is 7.40. The van der Waals surface area contributed by atoms with Crippen LogP contribution in [0.25, 0.3) is 0 Å². The second kappa shape index (κ2) is 9.70. The molecule has 33 heavy (non-hydrogen) atoms. The van der Waals surface area contributed by atoms with E-state index in [4.69, 9.17) is 32.9 Å². The Hall–Kier alpha value is -3.27. The van der Waals surface area contributed by atoms with E-state index in [0.29, 0.717) is 16.7 Å². The summed E-state index contributed by atoms with van der Waals surface area (Å²) in [5, 5.41) is 5.05. The van der Waals surface area contributed by atoms with Gasteiger partial charge in [0.25, 0.3) is 0 Å². The Morgan fingerprint density at radius 1 is 0.697 bits per heavy atom. The fourth-order valence-electron chi connectivity index (χ4n) is 4.01. The first-order valence-corrected chi connectivity index (χ1v) is 11.5. The Kier molecular flexibility index (Phi) is 6.34. The molecule has 0 radical (unpaired) electrons. The smallest absolute Gasteiger partial charge is 0.133 e. The van der Waals surface area contributed by atoms with Crippen LogP contribution in [0.5, 0.6) is 5.75 Å². The average molecular weight is 473 g/mol. The zero-order valence-corrected chi connectivity index (χ0v) is 19.3. The zero-order chi connectivity index (χ0) is 22.6. The van der Waals surface area contributed by atoms with Crippen LogP contribution in [0.15, 0.2) is 108 Å². The first-order valence-electron chi connectivity index (χ1n) is 10.8. The molecule has 5 heteroatoms. The molecule has 1 aliphatic heterocycles. The minimum Gasteiger partial charge on any atom is -0.488 e. The van der Waals surface area contributed by atoms with Crippen molar-refractivity contribution in [3.8, 4) is 5.75 Å². The van der Waals surface area contributed by atoms with Crippen molar-refractivity contribution in [2.45, 2.75) is 18.7 Å². The van der Waals surface area contributed by atoms with Gasteiger partial charge in [0.1, 0.15) is 24.2 Å². The van der Waals surface area contributed by atoms with Crippen molar-refractivity contribution < 1.29 is 4.74 Å². The maximum atomic E-state index is 6.19. The van der Waals surface area contributed by atoms with Crippen LogP contribution in [0.1, 0.15) is 34.3 Å². The molecule has 4 aromatic rings. The zero-order valence-electron chi connectivity index (χ0n) is 17.8. The van der Waals surface area contributed by atoms with Crippen LogP contribution in [0.2, 0.25) is 10.0 Å². The minimum atomic E-state index is -0.111. The predicted molar refractivity (Wildman–Crippen MR) is 135 cm³/mol. The Bertz CT molecular complexity index is 1260. The molecule has 0 spiro atoms. The van der Waals surface area contributed by atoms with Gasteiger partial charge in [-0.15, -0.1) is 0 Å². The van der Waals surface area contributed by atoms with Crippen LogP contribution < -0.4 is 10.1 Å². The highest BCUT2D eigenvalue weighted by atomic mass is 35.5. The lowest BCUT2D eigenvalue weighted by Gasteiger charge is -2.20. The lowest BCUT2D eigenvalue weighted by molar-refractivity contribution is 0.305. The molecule has 5 rings (SSSR count). The van der Waals surface area contributed by atoms with Crippen molar-refractivity contribution in [3.63, 3.8) is 0 Å². The number of ether oxygens (including phenoxy) is 1. The molecular weight excluding hydrogens is 451 g/mol. The van der Waals surface area contributed by atoms with Gasteiger partial charge < -0.3 is 10.1 Å². The summed E-state index contributed by atoms with van der Waals surface area (Å²) in [5.74, 6) is 1.60. The third-order valence-corrected chi connectivity index (χ3v) is 6.20. The summed E-state index contributed by atoms with van der Waals surface area (Å²) in [4.78, 5) is 5.10. The van der Waals surface area contributed by atoms with E-state index >= 15 is 0 Å². The van der Waals surface area contributed by atoms with Crippen molar-refractivity contribution in [3.05, 3.63) is 135 Å². The minimum absolute atomic E-state index is 0.0411. The van der Waals surface area contributed by atoms with Gasteiger partial charge in [-0.25, -0.2) is 0 Å². The molecule has 0 unspecified atom stereocenters. The van der Waals surface area contributed by atoms with Gasteiger partial charge in [-0.3, -0.25) is 4.99 Å². The number of nitrogens with zero attached hydrogens (tertiary/aromatic N) is 1. The highest BCUT2D eigenvalue weighted by Crippen LogP contribution is 2.38. The van der Waals surface area contributed by atoms with Crippen molar-refractivity contribution >= 4 is 29.0 Å². The molecule has 1 N–H and O–H groups in total. The van der Waals surface area contributed by atoms with Gasteiger partial charge in [-0.1, -0.05) is 89.9 Å². The lowest BCUT2D eigenvalue weighted by atomic mass is 9.95. The van der Waals surface area contributed by atoms with Crippen LogP contribution in [-0.4, -0.2) is 5.84 Å². The molecule has 0 saturated carbocycles. The van der Waals surface area contributed by atoms with Crippen molar-refractivity contribution in [1.82, 2.24) is 5.32 Å². The largest absolute Gasteiger partial charge is 0.488 e. The SMILES string of the molecule is Clc1ccc([C@H]2NC(c3ccccc3OCc3ccccc3)=N[C@H]2c2ccc(Cl)cc2)cc1. The van der Waals surface area contributed by atoms with E-state index in [-0.39, 0.29) is 12.1 Å². The van der Waals surface area contributed by atoms with E-state index in [1.165, 1.54) is 0 Å². The molecule has 4 aromatic carbocycles. The number of benzene rings is 4. The molecule has 0 amide bonds. The maximum absolute atomic E-state index is 6.19. The van der Waals surface area contributed by atoms with E-state index in [1.807, 2.05) is 91.0 Å². The third kappa shape index (κ3) is 4.90. The van der Waals surface area contributed by atoms with Gasteiger partial charge in [0.2, 0.25) is 0 Å². The number of amidine groups is 1. The van der Waals surface area contributed by atoms with E-state index in [0.717, 1.165) is 33.8 Å². The first-order chi connectivity index (χ1) is 16.2. The molecule has 1 heterocycles. The van der Waals surface area contributed by atoms with Crippen LogP contribution in [0, 0.1) is 0 Å². The molecular formula is C28H22Cl2N2O. The molecule has 0 aromatic heterocycles. The van der Waals surface area contributed by atoms with Gasteiger partial charge in [-0.2, -0.15) is 0 Å². The summed E-state index contributed by atoms with van der Waals surface area (Å²) in [6.07, 6.45) is 0. The van der Waals surface area contributed by atoms with Gasteiger partial charge in [0.15, 0.2) is 0 Å². The fraction of sp³-hybridized carbons (Fsp3) is 0.107. The Morgan fingerprint density at radius 2 is 1.30 bits per heavy atom. The monoisotopic (exact) mass is 472 g/mol. The van der Waals surface area contributed by atoms with Crippen LogP contribution in [0.4, 0.5) is 0 Å².